The largest absolute Gasteiger partial charge is 0.395 e. The van der Waals surface area contributed by atoms with Gasteiger partial charge in [-0.15, -0.1) is 0 Å². The van der Waals surface area contributed by atoms with Crippen molar-refractivity contribution in [2.24, 2.45) is 0 Å². The van der Waals surface area contributed by atoms with Gasteiger partial charge in [0.25, 0.3) is 0 Å². The number of likely N-dealkylation sites (N-methyl/N-ethyl adjacent to an activating group) is 1. The van der Waals surface area contributed by atoms with Crippen LogP contribution in [0.25, 0.3) is 0 Å². The molecule has 0 bridgehead atoms. The van der Waals surface area contributed by atoms with Gasteiger partial charge in [-0.2, -0.15) is 0 Å². The quantitative estimate of drug-likeness (QED) is 0.678. The van der Waals surface area contributed by atoms with Crippen LogP contribution in [0.5, 0.6) is 0 Å². The van der Waals surface area contributed by atoms with Gasteiger partial charge < -0.3 is 15.3 Å². The minimum Gasteiger partial charge on any atom is -0.395 e. The van der Waals surface area contributed by atoms with Crippen LogP contribution in [-0.4, -0.2) is 73.4 Å². The second-order valence-electron chi connectivity index (χ2n) is 5.27. The predicted molar refractivity (Wildman–Crippen MR) is 72.3 cm³/mol. The summed E-state index contributed by atoms with van der Waals surface area (Å²) in [6, 6.07) is 0.904. The molecule has 4 heteroatoms. The van der Waals surface area contributed by atoms with Crippen LogP contribution in [0.2, 0.25) is 0 Å². The molecule has 0 amide bonds. The Morgan fingerprint density at radius 1 is 1.41 bits per heavy atom. The number of aliphatic hydroxyl groups is 1. The second kappa shape index (κ2) is 8.03. The molecule has 1 rings (SSSR count). The summed E-state index contributed by atoms with van der Waals surface area (Å²) in [7, 11) is 2.19. The van der Waals surface area contributed by atoms with E-state index in [-0.39, 0.29) is 12.6 Å². The molecule has 2 atom stereocenters. The molecule has 0 aromatic heterocycles. The van der Waals surface area contributed by atoms with Crippen LogP contribution in [0.3, 0.4) is 0 Å². The Bertz CT molecular complexity index is 201. The third kappa shape index (κ3) is 5.34. The first-order valence-electron chi connectivity index (χ1n) is 6.94. The molecule has 0 aliphatic carbocycles. The fourth-order valence-corrected chi connectivity index (χ4v) is 2.44. The van der Waals surface area contributed by atoms with Gasteiger partial charge in [0.2, 0.25) is 0 Å². The zero-order chi connectivity index (χ0) is 12.7. The maximum Gasteiger partial charge on any atom is 0.0585 e. The molecule has 0 aromatic rings. The molecule has 2 unspecified atom stereocenters. The van der Waals surface area contributed by atoms with E-state index in [1.807, 2.05) is 0 Å². The highest BCUT2D eigenvalue weighted by Crippen LogP contribution is 2.09. The van der Waals surface area contributed by atoms with Crippen LogP contribution >= 0.6 is 0 Å². The van der Waals surface area contributed by atoms with E-state index < -0.39 is 0 Å². The zero-order valence-electron chi connectivity index (χ0n) is 11.7. The standard InChI is InChI=1S/C13H29N3O/c1-4-6-14-13(11-17)5-7-16-9-8-15(3)10-12(16)2/h12-14,17H,4-11H2,1-3H3. The topological polar surface area (TPSA) is 38.7 Å². The molecule has 0 radical (unpaired) electrons. The van der Waals surface area contributed by atoms with Crippen molar-refractivity contribution in [2.75, 3.05) is 46.4 Å². The van der Waals surface area contributed by atoms with Crippen molar-refractivity contribution in [2.45, 2.75) is 38.8 Å². The smallest absolute Gasteiger partial charge is 0.0585 e. The van der Waals surface area contributed by atoms with Crippen LogP contribution in [0, 0.1) is 0 Å². The van der Waals surface area contributed by atoms with Crippen molar-refractivity contribution in [1.82, 2.24) is 15.1 Å². The fraction of sp³-hybridized carbons (Fsp3) is 1.00. The number of piperazine rings is 1. The zero-order valence-corrected chi connectivity index (χ0v) is 11.7. The first kappa shape index (κ1) is 14.9. The Hall–Kier alpha value is -0.160. The maximum absolute atomic E-state index is 9.30. The number of nitrogens with zero attached hydrogens (tertiary/aromatic N) is 2. The Morgan fingerprint density at radius 3 is 2.76 bits per heavy atom. The SMILES string of the molecule is CCCNC(CO)CCN1CCN(C)CC1C. The Labute approximate surface area is 106 Å². The summed E-state index contributed by atoms with van der Waals surface area (Å²) < 4.78 is 0. The molecule has 1 aliphatic heterocycles. The number of aliphatic hydroxyl groups excluding tert-OH is 1. The van der Waals surface area contributed by atoms with Gasteiger partial charge in [-0.05, 0) is 33.4 Å². The third-order valence-corrected chi connectivity index (χ3v) is 3.64. The molecule has 2 N–H and O–H groups in total. The molecule has 17 heavy (non-hydrogen) atoms. The minimum absolute atomic E-state index is 0.252. The molecule has 102 valence electrons. The second-order valence-corrected chi connectivity index (χ2v) is 5.27. The van der Waals surface area contributed by atoms with E-state index in [1.54, 1.807) is 0 Å². The first-order valence-corrected chi connectivity index (χ1v) is 6.94. The van der Waals surface area contributed by atoms with E-state index >= 15 is 0 Å². The summed E-state index contributed by atoms with van der Waals surface area (Å²) in [5.41, 5.74) is 0. The molecule has 4 nitrogen and oxygen atoms in total. The monoisotopic (exact) mass is 243 g/mol. The van der Waals surface area contributed by atoms with E-state index in [9.17, 15) is 5.11 Å². The van der Waals surface area contributed by atoms with Crippen molar-refractivity contribution in [3.05, 3.63) is 0 Å². The highest BCUT2D eigenvalue weighted by atomic mass is 16.3. The van der Waals surface area contributed by atoms with Gasteiger partial charge in [-0.3, -0.25) is 4.90 Å². The maximum atomic E-state index is 9.30. The third-order valence-electron chi connectivity index (χ3n) is 3.64. The molecule has 1 fully saturated rings. The Balaban J connectivity index is 2.23. The van der Waals surface area contributed by atoms with Gasteiger partial charge in [0.05, 0.1) is 6.61 Å². The van der Waals surface area contributed by atoms with Crippen LogP contribution in [0.15, 0.2) is 0 Å². The molecule has 0 saturated carbocycles. The molecule has 1 heterocycles. The lowest BCUT2D eigenvalue weighted by molar-refractivity contribution is 0.0925. The number of rotatable bonds is 7. The molecular weight excluding hydrogens is 214 g/mol. The summed E-state index contributed by atoms with van der Waals surface area (Å²) in [5.74, 6) is 0. The first-order chi connectivity index (χ1) is 8.17. The van der Waals surface area contributed by atoms with E-state index in [0.29, 0.717) is 6.04 Å². The average Bonchev–Trinajstić information content (AvgIpc) is 2.31. The number of hydrogen-bond donors (Lipinski definition) is 2. The van der Waals surface area contributed by atoms with Crippen molar-refractivity contribution in [3.63, 3.8) is 0 Å². The average molecular weight is 243 g/mol. The lowest BCUT2D eigenvalue weighted by Gasteiger charge is -2.38. The van der Waals surface area contributed by atoms with Gasteiger partial charge in [0.1, 0.15) is 0 Å². The van der Waals surface area contributed by atoms with E-state index in [4.69, 9.17) is 0 Å². The Morgan fingerprint density at radius 2 is 2.18 bits per heavy atom. The molecule has 1 aliphatic rings. The molecule has 0 aromatic carbocycles. The number of hydrogen-bond acceptors (Lipinski definition) is 4. The van der Waals surface area contributed by atoms with Crippen LogP contribution in [0.4, 0.5) is 0 Å². The number of nitrogens with one attached hydrogen (secondary N) is 1. The predicted octanol–water partition coefficient (Wildman–Crippen LogP) is 0.373. The summed E-state index contributed by atoms with van der Waals surface area (Å²) >= 11 is 0. The van der Waals surface area contributed by atoms with Gasteiger partial charge in [0, 0.05) is 38.3 Å². The van der Waals surface area contributed by atoms with Crippen LogP contribution in [-0.2, 0) is 0 Å². The lowest BCUT2D eigenvalue weighted by Crippen LogP contribution is -2.51. The highest BCUT2D eigenvalue weighted by Gasteiger charge is 2.21. The summed E-state index contributed by atoms with van der Waals surface area (Å²) in [6.07, 6.45) is 2.17. The van der Waals surface area contributed by atoms with Crippen molar-refractivity contribution >= 4 is 0 Å². The minimum atomic E-state index is 0.252. The van der Waals surface area contributed by atoms with Crippen molar-refractivity contribution in [1.29, 1.82) is 0 Å². The van der Waals surface area contributed by atoms with Gasteiger partial charge in [-0.25, -0.2) is 0 Å². The highest BCUT2D eigenvalue weighted by molar-refractivity contribution is 4.78. The summed E-state index contributed by atoms with van der Waals surface area (Å²) in [5, 5.41) is 12.7. The van der Waals surface area contributed by atoms with E-state index in [2.05, 4.69) is 36.0 Å². The summed E-state index contributed by atoms with van der Waals surface area (Å²) in [4.78, 5) is 4.93. The molecule has 0 spiro atoms. The van der Waals surface area contributed by atoms with Crippen molar-refractivity contribution < 1.29 is 5.11 Å². The van der Waals surface area contributed by atoms with Crippen LogP contribution in [0.1, 0.15) is 26.7 Å². The lowest BCUT2D eigenvalue weighted by atomic mass is 10.1. The van der Waals surface area contributed by atoms with E-state index in [1.165, 1.54) is 0 Å². The van der Waals surface area contributed by atoms with Gasteiger partial charge >= 0.3 is 0 Å². The van der Waals surface area contributed by atoms with Crippen molar-refractivity contribution in [3.8, 4) is 0 Å². The molecule has 1 saturated heterocycles. The Kier molecular flexibility index (Phi) is 7.04. The summed E-state index contributed by atoms with van der Waals surface area (Å²) in [6.45, 7) is 10.3. The fourth-order valence-electron chi connectivity index (χ4n) is 2.44. The normalized spacial score (nSPS) is 25.1. The van der Waals surface area contributed by atoms with E-state index in [0.717, 1.165) is 45.6 Å². The molecular formula is C13H29N3O. The van der Waals surface area contributed by atoms with Crippen LogP contribution < -0.4 is 5.32 Å². The van der Waals surface area contributed by atoms with Gasteiger partial charge in [-0.1, -0.05) is 6.92 Å². The van der Waals surface area contributed by atoms with Gasteiger partial charge in [0.15, 0.2) is 0 Å².